The highest BCUT2D eigenvalue weighted by atomic mass is 32.1. The summed E-state index contributed by atoms with van der Waals surface area (Å²) < 4.78 is 19.3. The van der Waals surface area contributed by atoms with Crippen LogP contribution in [0.2, 0.25) is 0 Å². The van der Waals surface area contributed by atoms with Crippen molar-refractivity contribution in [1.29, 1.82) is 0 Å². The number of aromatic nitrogens is 1. The Morgan fingerprint density at radius 2 is 1.95 bits per heavy atom. The molecular weight excluding hydrogens is 558 g/mol. The molecule has 1 aliphatic heterocycles. The van der Waals surface area contributed by atoms with Crippen LogP contribution in [0.3, 0.4) is 0 Å². The molecule has 0 saturated carbocycles. The molecule has 5 rings (SSSR count). The highest BCUT2D eigenvalue weighted by Crippen LogP contribution is 2.36. The number of esters is 1. The summed E-state index contributed by atoms with van der Waals surface area (Å²) in [4.78, 5) is 43.1. The largest absolute Gasteiger partial charge is 0.491 e. The van der Waals surface area contributed by atoms with Crippen molar-refractivity contribution in [2.24, 2.45) is 4.99 Å². The molecule has 1 atom stereocenters. The standard InChI is InChI=1S/C31H29N3O7S/c1-6-39-30(36)27-19(5)32-31-33(28(27)22-9-7-8-10-24(22)40-17(2)3)29(35)26(42-31)16-21-13-14-25(41-21)23-15-20(34(37)38)12-11-18(23)4/h7-17,28H,6H2,1-5H3/b26-16+/t28-/m0/s1. The smallest absolute Gasteiger partial charge is 0.338 e. The lowest BCUT2D eigenvalue weighted by Crippen LogP contribution is -2.40. The van der Waals surface area contributed by atoms with Gasteiger partial charge in [-0.3, -0.25) is 19.5 Å². The van der Waals surface area contributed by atoms with Crippen molar-refractivity contribution in [1.82, 2.24) is 4.57 Å². The van der Waals surface area contributed by atoms with Crippen LogP contribution in [0.25, 0.3) is 17.4 Å². The van der Waals surface area contributed by atoms with Gasteiger partial charge in [-0.15, -0.1) is 0 Å². The van der Waals surface area contributed by atoms with Crippen LogP contribution in [0.1, 0.15) is 50.6 Å². The van der Waals surface area contributed by atoms with Gasteiger partial charge in [0.2, 0.25) is 0 Å². The fourth-order valence-corrected chi connectivity index (χ4v) is 5.87. The van der Waals surface area contributed by atoms with Gasteiger partial charge in [-0.25, -0.2) is 9.79 Å². The second-order valence-electron chi connectivity index (χ2n) is 9.97. The van der Waals surface area contributed by atoms with Gasteiger partial charge >= 0.3 is 5.97 Å². The topological polar surface area (TPSA) is 126 Å². The van der Waals surface area contributed by atoms with E-state index in [0.29, 0.717) is 43.4 Å². The van der Waals surface area contributed by atoms with Gasteiger partial charge in [0.05, 0.1) is 33.4 Å². The Bertz CT molecular complexity index is 1910. The Morgan fingerprint density at radius 1 is 1.19 bits per heavy atom. The van der Waals surface area contributed by atoms with Gasteiger partial charge in [0, 0.05) is 29.3 Å². The van der Waals surface area contributed by atoms with E-state index in [1.807, 2.05) is 45.0 Å². The number of non-ortho nitro benzene ring substituents is 1. The molecule has 0 aliphatic carbocycles. The predicted molar refractivity (Wildman–Crippen MR) is 158 cm³/mol. The molecule has 0 bridgehead atoms. The molecule has 1 aliphatic rings. The fraction of sp³-hybridized carbons (Fsp3) is 0.258. The number of benzene rings is 2. The number of ether oxygens (including phenoxy) is 2. The number of nitro benzene ring substituents is 1. The molecule has 42 heavy (non-hydrogen) atoms. The summed E-state index contributed by atoms with van der Waals surface area (Å²) in [6, 6.07) is 14.5. The maximum absolute atomic E-state index is 14.0. The zero-order valence-electron chi connectivity index (χ0n) is 23.7. The van der Waals surface area contributed by atoms with E-state index in [2.05, 4.69) is 4.99 Å². The Hall–Kier alpha value is -4.77. The summed E-state index contributed by atoms with van der Waals surface area (Å²) in [5, 5.41) is 11.3. The number of thiazole rings is 1. The molecule has 4 aromatic rings. The minimum absolute atomic E-state index is 0.0450. The molecule has 0 spiro atoms. The minimum Gasteiger partial charge on any atom is -0.491 e. The molecule has 0 radical (unpaired) electrons. The molecule has 3 heterocycles. The Morgan fingerprint density at radius 3 is 2.67 bits per heavy atom. The van der Waals surface area contributed by atoms with Crippen molar-refractivity contribution < 1.29 is 23.6 Å². The van der Waals surface area contributed by atoms with Crippen molar-refractivity contribution in [2.75, 3.05) is 6.61 Å². The lowest BCUT2D eigenvalue weighted by Gasteiger charge is -2.26. The SMILES string of the molecule is CCOC(=O)C1=C(C)N=c2s/c(=C/c3ccc(-c4cc([N+](=O)[O-])ccc4C)o3)c(=O)n2[C@H]1c1ccccc1OC(C)C. The first kappa shape index (κ1) is 28.7. The van der Waals surface area contributed by atoms with E-state index in [1.54, 1.807) is 38.1 Å². The molecule has 10 nitrogen and oxygen atoms in total. The van der Waals surface area contributed by atoms with Gasteiger partial charge in [-0.2, -0.15) is 0 Å². The highest BCUT2D eigenvalue weighted by Gasteiger charge is 2.35. The zero-order valence-corrected chi connectivity index (χ0v) is 24.6. The third-order valence-corrected chi connectivity index (χ3v) is 7.67. The van der Waals surface area contributed by atoms with Crippen LogP contribution in [0.15, 0.2) is 80.1 Å². The average Bonchev–Trinajstić information content (AvgIpc) is 3.52. The molecule has 0 N–H and O–H groups in total. The molecule has 0 fully saturated rings. The fourth-order valence-electron chi connectivity index (χ4n) is 4.85. The summed E-state index contributed by atoms with van der Waals surface area (Å²) in [5.41, 5.74) is 2.34. The quantitative estimate of drug-likeness (QED) is 0.160. The van der Waals surface area contributed by atoms with Gasteiger partial charge in [0.25, 0.3) is 11.2 Å². The first-order chi connectivity index (χ1) is 20.1. The summed E-state index contributed by atoms with van der Waals surface area (Å²) in [7, 11) is 0. The Labute approximate surface area is 245 Å². The monoisotopic (exact) mass is 587 g/mol. The van der Waals surface area contributed by atoms with E-state index in [4.69, 9.17) is 13.9 Å². The molecule has 11 heteroatoms. The number of allylic oxidation sites excluding steroid dienone is 1. The number of para-hydroxylation sites is 1. The third-order valence-electron chi connectivity index (χ3n) is 6.69. The molecule has 216 valence electrons. The van der Waals surface area contributed by atoms with Crippen molar-refractivity contribution in [3.8, 4) is 17.1 Å². The van der Waals surface area contributed by atoms with E-state index in [0.717, 1.165) is 5.56 Å². The van der Waals surface area contributed by atoms with Crippen LogP contribution in [0.4, 0.5) is 5.69 Å². The van der Waals surface area contributed by atoms with Gasteiger partial charge in [-0.05, 0) is 58.4 Å². The number of carbonyl (C=O) groups is 1. The van der Waals surface area contributed by atoms with E-state index >= 15 is 0 Å². The summed E-state index contributed by atoms with van der Waals surface area (Å²) in [6.07, 6.45) is 1.47. The Kier molecular flexibility index (Phi) is 7.95. The molecule has 0 unspecified atom stereocenters. The van der Waals surface area contributed by atoms with Gasteiger partial charge < -0.3 is 13.9 Å². The number of nitrogens with zero attached hydrogens (tertiary/aromatic N) is 3. The van der Waals surface area contributed by atoms with Gasteiger partial charge in [-0.1, -0.05) is 35.6 Å². The normalized spacial score (nSPS) is 15.0. The number of nitro groups is 1. The molecular formula is C31H29N3O7S. The molecule has 2 aromatic carbocycles. The second kappa shape index (κ2) is 11.6. The van der Waals surface area contributed by atoms with Crippen LogP contribution >= 0.6 is 11.3 Å². The summed E-state index contributed by atoms with van der Waals surface area (Å²) in [6.45, 7) is 9.26. The van der Waals surface area contributed by atoms with Crippen molar-refractivity contribution >= 4 is 29.1 Å². The zero-order chi connectivity index (χ0) is 30.1. The van der Waals surface area contributed by atoms with E-state index in [1.165, 1.54) is 28.0 Å². The number of hydrogen-bond acceptors (Lipinski definition) is 9. The van der Waals surface area contributed by atoms with Crippen molar-refractivity contribution in [2.45, 2.75) is 46.8 Å². The van der Waals surface area contributed by atoms with Gasteiger partial charge in [0.1, 0.15) is 23.3 Å². The van der Waals surface area contributed by atoms with E-state index in [9.17, 15) is 19.7 Å². The minimum atomic E-state index is -0.822. The first-order valence-electron chi connectivity index (χ1n) is 13.4. The van der Waals surface area contributed by atoms with Crippen molar-refractivity contribution in [3.63, 3.8) is 0 Å². The maximum Gasteiger partial charge on any atom is 0.338 e. The maximum atomic E-state index is 14.0. The van der Waals surface area contributed by atoms with E-state index in [-0.39, 0.29) is 29.5 Å². The summed E-state index contributed by atoms with van der Waals surface area (Å²) in [5.74, 6) is 0.822. The molecule has 2 aromatic heterocycles. The van der Waals surface area contributed by atoms with Crippen LogP contribution < -0.4 is 19.6 Å². The first-order valence-corrected chi connectivity index (χ1v) is 14.2. The van der Waals surface area contributed by atoms with E-state index < -0.39 is 16.9 Å². The number of carbonyl (C=O) groups excluding carboxylic acids is 1. The van der Waals surface area contributed by atoms with Gasteiger partial charge in [0.15, 0.2) is 4.80 Å². The third kappa shape index (κ3) is 5.42. The van der Waals surface area contributed by atoms with Crippen LogP contribution in [0.5, 0.6) is 5.75 Å². The predicted octanol–water partition coefficient (Wildman–Crippen LogP) is 5.06. The van der Waals surface area contributed by atoms with Crippen LogP contribution in [-0.2, 0) is 9.53 Å². The number of hydrogen-bond donors (Lipinski definition) is 0. The highest BCUT2D eigenvalue weighted by molar-refractivity contribution is 7.07. The number of aryl methyl sites for hydroxylation is 1. The average molecular weight is 588 g/mol. The number of fused-ring (bicyclic) bond motifs is 1. The lowest BCUT2D eigenvalue weighted by molar-refractivity contribution is -0.384. The molecule has 0 amide bonds. The van der Waals surface area contributed by atoms with Crippen LogP contribution in [0, 0.1) is 17.0 Å². The van der Waals surface area contributed by atoms with Crippen LogP contribution in [-0.4, -0.2) is 28.2 Å². The number of furan rings is 1. The Balaban J connectivity index is 1.65. The number of rotatable bonds is 8. The lowest BCUT2D eigenvalue weighted by atomic mass is 9.95. The summed E-state index contributed by atoms with van der Waals surface area (Å²) >= 11 is 1.17. The second-order valence-corrected chi connectivity index (χ2v) is 11.0. The van der Waals surface area contributed by atoms with Crippen molar-refractivity contribution in [3.05, 3.63) is 113 Å². The molecule has 0 saturated heterocycles.